The molecule has 0 heterocycles. The third kappa shape index (κ3) is 4.05. The molecule has 1 atom stereocenters. The van der Waals surface area contributed by atoms with Gasteiger partial charge in [0, 0.05) is 16.2 Å². The van der Waals surface area contributed by atoms with Gasteiger partial charge >= 0.3 is 0 Å². The van der Waals surface area contributed by atoms with Crippen LogP contribution in [0.2, 0.25) is 0 Å². The van der Waals surface area contributed by atoms with Gasteiger partial charge < -0.3 is 11.1 Å². The number of carbonyl (C=O) groups is 1. The van der Waals surface area contributed by atoms with E-state index in [-0.39, 0.29) is 11.9 Å². The van der Waals surface area contributed by atoms with Crippen molar-refractivity contribution in [3.8, 4) is 0 Å². The first-order valence-corrected chi connectivity index (χ1v) is 7.59. The van der Waals surface area contributed by atoms with Crippen LogP contribution >= 0.6 is 22.6 Å². The third-order valence-electron chi connectivity index (χ3n) is 3.09. The first-order valence-electron chi connectivity index (χ1n) is 6.51. The van der Waals surface area contributed by atoms with Crippen LogP contribution < -0.4 is 11.1 Å². The molecule has 0 spiro atoms. The summed E-state index contributed by atoms with van der Waals surface area (Å²) in [6.07, 6.45) is 0.721. The molecule has 0 saturated carbocycles. The molecule has 0 fully saturated rings. The van der Waals surface area contributed by atoms with Crippen LogP contribution in [-0.4, -0.2) is 12.5 Å². The molecule has 0 radical (unpaired) electrons. The van der Waals surface area contributed by atoms with Crippen molar-refractivity contribution in [1.82, 2.24) is 5.32 Å². The Hall–Kier alpha value is -1.40. The minimum absolute atomic E-state index is 0.0461. The van der Waals surface area contributed by atoms with Gasteiger partial charge in [-0.2, -0.15) is 0 Å². The second-order valence-electron chi connectivity index (χ2n) is 4.54. The second-order valence-corrected chi connectivity index (χ2v) is 5.70. The Morgan fingerprint density at radius 2 is 1.75 bits per heavy atom. The molecule has 0 aromatic heterocycles. The van der Waals surface area contributed by atoms with E-state index in [1.165, 1.54) is 0 Å². The molecule has 20 heavy (non-hydrogen) atoms. The molecule has 0 aliphatic carbocycles. The lowest BCUT2D eigenvalue weighted by molar-refractivity contribution is 0.0951. The molecule has 0 bridgehead atoms. The Labute approximate surface area is 132 Å². The molecule has 0 aliphatic rings. The van der Waals surface area contributed by atoms with Crippen LogP contribution in [0, 0.1) is 3.57 Å². The smallest absolute Gasteiger partial charge is 0.252 e. The summed E-state index contributed by atoms with van der Waals surface area (Å²) in [6.45, 7) is 0.569. The molecule has 3 N–H and O–H groups in total. The summed E-state index contributed by atoms with van der Waals surface area (Å²) >= 11 is 2.16. The zero-order valence-corrected chi connectivity index (χ0v) is 13.2. The zero-order chi connectivity index (χ0) is 14.4. The predicted octanol–water partition coefficient (Wildman–Crippen LogP) is 3.11. The van der Waals surface area contributed by atoms with Crippen LogP contribution in [0.3, 0.4) is 0 Å². The SMILES string of the molecule is NC(CCNC(=O)c1ccccc1I)c1ccccc1. The van der Waals surface area contributed by atoms with Crippen LogP contribution in [0.4, 0.5) is 0 Å². The Kier molecular flexibility index (Phi) is 5.55. The molecule has 3 nitrogen and oxygen atoms in total. The number of benzene rings is 2. The number of halogens is 1. The van der Waals surface area contributed by atoms with E-state index in [4.69, 9.17) is 5.73 Å². The molecular formula is C16H17IN2O. The van der Waals surface area contributed by atoms with E-state index >= 15 is 0 Å². The minimum Gasteiger partial charge on any atom is -0.352 e. The van der Waals surface area contributed by atoms with Crippen molar-refractivity contribution in [1.29, 1.82) is 0 Å². The lowest BCUT2D eigenvalue weighted by atomic mass is 10.1. The standard InChI is InChI=1S/C16H17IN2O/c17-14-9-5-4-8-13(14)16(20)19-11-10-15(18)12-6-2-1-3-7-12/h1-9,15H,10-11,18H2,(H,19,20). The normalized spacial score (nSPS) is 11.9. The van der Waals surface area contributed by atoms with Crippen molar-refractivity contribution in [2.75, 3.05) is 6.54 Å². The predicted molar refractivity (Wildman–Crippen MR) is 89.5 cm³/mol. The summed E-state index contributed by atoms with van der Waals surface area (Å²) in [5.74, 6) is -0.0461. The molecule has 4 heteroatoms. The first-order chi connectivity index (χ1) is 9.68. The molecule has 2 aromatic carbocycles. The Morgan fingerprint density at radius 3 is 2.45 bits per heavy atom. The number of hydrogen-bond donors (Lipinski definition) is 2. The van der Waals surface area contributed by atoms with Gasteiger partial charge in [-0.25, -0.2) is 0 Å². The average Bonchev–Trinajstić information content (AvgIpc) is 2.48. The monoisotopic (exact) mass is 380 g/mol. The highest BCUT2D eigenvalue weighted by atomic mass is 127. The zero-order valence-electron chi connectivity index (χ0n) is 11.1. The minimum atomic E-state index is -0.0497. The van der Waals surface area contributed by atoms with Gasteiger partial charge in [0.2, 0.25) is 0 Å². The van der Waals surface area contributed by atoms with Crippen LogP contribution in [0.1, 0.15) is 28.4 Å². The van der Waals surface area contributed by atoms with Crippen molar-refractivity contribution in [3.63, 3.8) is 0 Å². The van der Waals surface area contributed by atoms with Gasteiger partial charge in [-0.3, -0.25) is 4.79 Å². The van der Waals surface area contributed by atoms with Crippen molar-refractivity contribution >= 4 is 28.5 Å². The van der Waals surface area contributed by atoms with Crippen molar-refractivity contribution in [3.05, 3.63) is 69.3 Å². The number of amides is 1. The number of hydrogen-bond acceptors (Lipinski definition) is 2. The van der Waals surface area contributed by atoms with Gasteiger partial charge in [-0.1, -0.05) is 42.5 Å². The number of nitrogens with one attached hydrogen (secondary N) is 1. The molecule has 2 aromatic rings. The topological polar surface area (TPSA) is 55.1 Å². The van der Waals surface area contributed by atoms with Crippen LogP contribution in [-0.2, 0) is 0 Å². The van der Waals surface area contributed by atoms with Crippen molar-refractivity contribution in [2.45, 2.75) is 12.5 Å². The van der Waals surface area contributed by atoms with E-state index in [2.05, 4.69) is 27.9 Å². The summed E-state index contributed by atoms with van der Waals surface area (Å²) in [5.41, 5.74) is 7.90. The van der Waals surface area contributed by atoms with E-state index in [0.717, 1.165) is 15.6 Å². The van der Waals surface area contributed by atoms with E-state index in [1.807, 2.05) is 54.6 Å². The van der Waals surface area contributed by atoms with E-state index in [9.17, 15) is 4.79 Å². The van der Waals surface area contributed by atoms with Gasteiger partial charge in [0.25, 0.3) is 5.91 Å². The van der Waals surface area contributed by atoms with Gasteiger partial charge in [0.1, 0.15) is 0 Å². The van der Waals surface area contributed by atoms with Crippen molar-refractivity contribution in [2.24, 2.45) is 5.73 Å². The molecule has 1 amide bonds. The second kappa shape index (κ2) is 7.40. The summed E-state index contributed by atoms with van der Waals surface area (Å²) in [6, 6.07) is 17.4. The highest BCUT2D eigenvalue weighted by molar-refractivity contribution is 14.1. The summed E-state index contributed by atoms with van der Waals surface area (Å²) in [7, 11) is 0. The highest BCUT2D eigenvalue weighted by Gasteiger charge is 2.10. The fourth-order valence-electron chi connectivity index (χ4n) is 1.95. The first kappa shape index (κ1) is 15.0. The quantitative estimate of drug-likeness (QED) is 0.784. The maximum atomic E-state index is 12.0. The molecule has 0 aliphatic heterocycles. The maximum absolute atomic E-state index is 12.0. The summed E-state index contributed by atoms with van der Waals surface area (Å²) in [5, 5.41) is 2.92. The maximum Gasteiger partial charge on any atom is 0.252 e. The number of carbonyl (C=O) groups excluding carboxylic acids is 1. The highest BCUT2D eigenvalue weighted by Crippen LogP contribution is 2.13. The number of nitrogens with two attached hydrogens (primary N) is 1. The lowest BCUT2D eigenvalue weighted by Crippen LogP contribution is -2.27. The van der Waals surface area contributed by atoms with Gasteiger partial charge in [0.15, 0.2) is 0 Å². The van der Waals surface area contributed by atoms with Crippen LogP contribution in [0.25, 0.3) is 0 Å². The Morgan fingerprint density at radius 1 is 1.10 bits per heavy atom. The largest absolute Gasteiger partial charge is 0.352 e. The molecule has 1 unspecified atom stereocenters. The van der Waals surface area contributed by atoms with Gasteiger partial charge in [-0.05, 0) is 46.7 Å². The van der Waals surface area contributed by atoms with Crippen LogP contribution in [0.15, 0.2) is 54.6 Å². The van der Waals surface area contributed by atoms with E-state index in [0.29, 0.717) is 12.1 Å². The summed E-state index contributed by atoms with van der Waals surface area (Å²) in [4.78, 5) is 12.0. The Balaban J connectivity index is 1.84. The van der Waals surface area contributed by atoms with Gasteiger partial charge in [-0.15, -0.1) is 0 Å². The lowest BCUT2D eigenvalue weighted by Gasteiger charge is -2.13. The molecular weight excluding hydrogens is 363 g/mol. The van der Waals surface area contributed by atoms with Gasteiger partial charge in [0.05, 0.1) is 5.56 Å². The Bertz CT molecular complexity index is 572. The number of rotatable bonds is 5. The average molecular weight is 380 g/mol. The molecule has 0 saturated heterocycles. The third-order valence-corrected chi connectivity index (χ3v) is 4.03. The molecule has 2 rings (SSSR count). The fraction of sp³-hybridized carbons (Fsp3) is 0.188. The fourth-order valence-corrected chi connectivity index (χ4v) is 2.58. The van der Waals surface area contributed by atoms with E-state index in [1.54, 1.807) is 0 Å². The summed E-state index contributed by atoms with van der Waals surface area (Å²) < 4.78 is 0.954. The van der Waals surface area contributed by atoms with Crippen molar-refractivity contribution < 1.29 is 4.79 Å². The molecule has 104 valence electrons. The van der Waals surface area contributed by atoms with E-state index < -0.39 is 0 Å². The van der Waals surface area contributed by atoms with Crippen LogP contribution in [0.5, 0.6) is 0 Å².